The number of carbonyl (C=O) groups excluding carboxylic acids is 1. The van der Waals surface area contributed by atoms with Crippen molar-refractivity contribution in [3.05, 3.63) is 29.0 Å². The van der Waals surface area contributed by atoms with Crippen molar-refractivity contribution < 1.29 is 9.53 Å². The first kappa shape index (κ1) is 12.7. The summed E-state index contributed by atoms with van der Waals surface area (Å²) in [6.45, 7) is 2.78. The van der Waals surface area contributed by atoms with Crippen LogP contribution in [0.5, 0.6) is 0 Å². The number of hydrogen-bond donors (Lipinski definition) is 1. The van der Waals surface area contributed by atoms with E-state index < -0.39 is 5.97 Å². The van der Waals surface area contributed by atoms with E-state index >= 15 is 0 Å². The highest BCUT2D eigenvalue weighted by Crippen LogP contribution is 2.21. The summed E-state index contributed by atoms with van der Waals surface area (Å²) in [5.41, 5.74) is 0.923. The van der Waals surface area contributed by atoms with Crippen LogP contribution >= 0.6 is 11.6 Å². The number of nitrogens with zero attached hydrogens (tertiary/aromatic N) is 2. The molecule has 2 aromatic rings. The lowest BCUT2D eigenvalue weighted by Gasteiger charge is -2.06. The van der Waals surface area contributed by atoms with Crippen LogP contribution in [0.3, 0.4) is 0 Å². The molecule has 2 aromatic heterocycles. The molecule has 0 aliphatic rings. The van der Waals surface area contributed by atoms with Crippen LogP contribution in [0.2, 0.25) is 5.02 Å². The number of aromatic nitrogens is 2. The van der Waals surface area contributed by atoms with Gasteiger partial charge in [0.25, 0.3) is 0 Å². The quantitative estimate of drug-likeness (QED) is 0.865. The number of halogens is 1. The number of nitrogens with one attached hydrogen (secondary N) is 1. The van der Waals surface area contributed by atoms with Crippen molar-refractivity contribution in [3.8, 4) is 0 Å². The fourth-order valence-electron chi connectivity index (χ4n) is 1.67. The van der Waals surface area contributed by atoms with Gasteiger partial charge in [-0.25, -0.2) is 9.78 Å². The lowest BCUT2D eigenvalue weighted by molar-refractivity contribution is 0.0596. The fourth-order valence-corrected chi connectivity index (χ4v) is 1.83. The van der Waals surface area contributed by atoms with Gasteiger partial charge in [-0.15, -0.1) is 0 Å². The van der Waals surface area contributed by atoms with Crippen LogP contribution in [0.1, 0.15) is 23.8 Å². The molecule has 0 fully saturated rings. The topological polar surface area (TPSA) is 55.6 Å². The van der Waals surface area contributed by atoms with E-state index in [1.807, 2.05) is 6.92 Å². The Morgan fingerprint density at radius 3 is 3.00 bits per heavy atom. The summed E-state index contributed by atoms with van der Waals surface area (Å²) in [6.07, 6.45) is 2.66. The zero-order valence-electron chi connectivity index (χ0n) is 10.2. The average molecular weight is 268 g/mol. The van der Waals surface area contributed by atoms with E-state index in [2.05, 4.69) is 10.3 Å². The molecule has 2 rings (SSSR count). The summed E-state index contributed by atoms with van der Waals surface area (Å²) < 4.78 is 6.48. The van der Waals surface area contributed by atoms with Crippen molar-refractivity contribution in [1.29, 1.82) is 0 Å². The molecule has 0 atom stereocenters. The molecule has 0 saturated carbocycles. The molecule has 2 heterocycles. The van der Waals surface area contributed by atoms with E-state index in [0.717, 1.165) is 13.0 Å². The van der Waals surface area contributed by atoms with Crippen LogP contribution in [0.15, 0.2) is 18.3 Å². The molecule has 0 bridgehead atoms. The number of anilines is 1. The second kappa shape index (κ2) is 5.27. The zero-order chi connectivity index (χ0) is 13.1. The van der Waals surface area contributed by atoms with Gasteiger partial charge in [-0.2, -0.15) is 0 Å². The molecule has 0 unspecified atom stereocenters. The first-order chi connectivity index (χ1) is 8.67. The van der Waals surface area contributed by atoms with Gasteiger partial charge in [-0.1, -0.05) is 18.5 Å². The predicted molar refractivity (Wildman–Crippen MR) is 70.3 cm³/mol. The second-order valence-electron chi connectivity index (χ2n) is 3.80. The Balaban J connectivity index is 2.57. The molecular formula is C12H14ClN3O2. The Morgan fingerprint density at radius 2 is 2.33 bits per heavy atom. The van der Waals surface area contributed by atoms with Crippen LogP contribution in [0.4, 0.5) is 5.82 Å². The molecule has 0 aromatic carbocycles. The number of rotatable bonds is 4. The molecule has 6 heteroatoms. The lowest BCUT2D eigenvalue weighted by Crippen LogP contribution is -2.09. The highest BCUT2D eigenvalue weighted by Gasteiger charge is 2.19. The van der Waals surface area contributed by atoms with Crippen LogP contribution in [-0.4, -0.2) is 29.0 Å². The van der Waals surface area contributed by atoms with Gasteiger partial charge >= 0.3 is 5.97 Å². The average Bonchev–Trinajstić information content (AvgIpc) is 2.73. The van der Waals surface area contributed by atoms with Gasteiger partial charge in [-0.05, 0) is 18.6 Å². The van der Waals surface area contributed by atoms with Gasteiger partial charge < -0.3 is 10.1 Å². The number of methoxy groups -OCH3 is 1. The van der Waals surface area contributed by atoms with Gasteiger partial charge in [0.05, 0.1) is 12.1 Å². The van der Waals surface area contributed by atoms with Crippen LogP contribution < -0.4 is 5.32 Å². The summed E-state index contributed by atoms with van der Waals surface area (Å²) in [5, 5.41) is 3.75. The number of hydrogen-bond acceptors (Lipinski definition) is 4. The molecule has 18 heavy (non-hydrogen) atoms. The number of esters is 1. The van der Waals surface area contributed by atoms with Crippen molar-refractivity contribution in [1.82, 2.24) is 9.38 Å². The lowest BCUT2D eigenvalue weighted by atomic mass is 10.4. The third-order valence-electron chi connectivity index (χ3n) is 2.50. The van der Waals surface area contributed by atoms with E-state index in [1.54, 1.807) is 22.7 Å². The van der Waals surface area contributed by atoms with E-state index in [4.69, 9.17) is 16.3 Å². The van der Waals surface area contributed by atoms with Crippen molar-refractivity contribution in [3.63, 3.8) is 0 Å². The van der Waals surface area contributed by atoms with Gasteiger partial charge in [0.2, 0.25) is 0 Å². The minimum atomic E-state index is -0.464. The van der Waals surface area contributed by atoms with E-state index in [1.165, 1.54) is 7.11 Å². The minimum Gasteiger partial charge on any atom is -0.464 e. The summed E-state index contributed by atoms with van der Waals surface area (Å²) in [4.78, 5) is 15.9. The smallest absolute Gasteiger partial charge is 0.360 e. The Morgan fingerprint density at radius 1 is 1.56 bits per heavy atom. The molecule has 5 nitrogen and oxygen atoms in total. The number of fused-ring (bicyclic) bond motifs is 1. The van der Waals surface area contributed by atoms with E-state index in [0.29, 0.717) is 16.5 Å². The minimum absolute atomic E-state index is 0.271. The van der Waals surface area contributed by atoms with Crippen molar-refractivity contribution in [2.24, 2.45) is 0 Å². The molecule has 0 radical (unpaired) electrons. The monoisotopic (exact) mass is 267 g/mol. The predicted octanol–water partition coefficient (Wildman–Crippen LogP) is 2.60. The molecule has 1 N–H and O–H groups in total. The number of ether oxygens (including phenoxy) is 1. The highest BCUT2D eigenvalue weighted by molar-refractivity contribution is 6.30. The third kappa shape index (κ3) is 2.26. The maximum absolute atomic E-state index is 11.7. The number of imidazole rings is 1. The standard InChI is InChI=1S/C12H14ClN3O2/c1-3-6-14-11-10(12(17)18-2)15-9-5-4-8(13)7-16(9)11/h4-5,7,14H,3,6H2,1-2H3. The molecular weight excluding hydrogens is 254 g/mol. The largest absolute Gasteiger partial charge is 0.464 e. The van der Waals surface area contributed by atoms with Gasteiger partial charge in [-0.3, -0.25) is 4.40 Å². The Hall–Kier alpha value is -1.75. The second-order valence-corrected chi connectivity index (χ2v) is 4.24. The highest BCUT2D eigenvalue weighted by atomic mass is 35.5. The van der Waals surface area contributed by atoms with Crippen molar-refractivity contribution in [2.75, 3.05) is 19.0 Å². The molecule has 0 saturated heterocycles. The molecule has 0 spiro atoms. The van der Waals surface area contributed by atoms with Gasteiger partial charge in [0.15, 0.2) is 5.69 Å². The van der Waals surface area contributed by atoms with Crippen LogP contribution in [-0.2, 0) is 4.74 Å². The SMILES string of the molecule is CCCNc1c(C(=O)OC)nc2ccc(Cl)cn12. The summed E-state index contributed by atoms with van der Waals surface area (Å²) in [7, 11) is 1.34. The first-order valence-corrected chi connectivity index (χ1v) is 6.05. The summed E-state index contributed by atoms with van der Waals surface area (Å²) in [5.74, 6) is 0.148. The maximum Gasteiger partial charge on any atom is 0.360 e. The normalized spacial score (nSPS) is 10.6. The van der Waals surface area contributed by atoms with E-state index in [-0.39, 0.29) is 5.69 Å². The number of carbonyl (C=O) groups is 1. The van der Waals surface area contributed by atoms with Crippen LogP contribution in [0, 0.1) is 0 Å². The Labute approximate surface area is 110 Å². The summed E-state index contributed by atoms with van der Waals surface area (Å²) in [6, 6.07) is 3.49. The van der Waals surface area contributed by atoms with Gasteiger partial charge in [0, 0.05) is 12.7 Å². The number of pyridine rings is 1. The van der Waals surface area contributed by atoms with E-state index in [9.17, 15) is 4.79 Å². The van der Waals surface area contributed by atoms with Gasteiger partial charge in [0.1, 0.15) is 11.5 Å². The summed E-state index contributed by atoms with van der Waals surface area (Å²) >= 11 is 5.95. The first-order valence-electron chi connectivity index (χ1n) is 5.67. The maximum atomic E-state index is 11.7. The molecule has 0 aliphatic carbocycles. The van der Waals surface area contributed by atoms with Crippen molar-refractivity contribution >= 4 is 29.0 Å². The molecule has 0 aliphatic heterocycles. The Bertz CT molecular complexity index is 580. The molecule has 0 amide bonds. The third-order valence-corrected chi connectivity index (χ3v) is 2.73. The molecule has 96 valence electrons. The van der Waals surface area contributed by atoms with Crippen LogP contribution in [0.25, 0.3) is 5.65 Å². The Kier molecular flexibility index (Phi) is 3.72. The van der Waals surface area contributed by atoms with Crippen molar-refractivity contribution in [2.45, 2.75) is 13.3 Å². The zero-order valence-corrected chi connectivity index (χ0v) is 11.0. The fraction of sp³-hybridized carbons (Fsp3) is 0.333.